The van der Waals surface area contributed by atoms with Gasteiger partial charge in [-0.25, -0.2) is 4.98 Å². The van der Waals surface area contributed by atoms with Gasteiger partial charge in [0.2, 0.25) is 11.8 Å². The van der Waals surface area contributed by atoms with E-state index in [9.17, 15) is 10.1 Å². The van der Waals surface area contributed by atoms with E-state index < -0.39 is 0 Å². The van der Waals surface area contributed by atoms with Crippen LogP contribution in [0.4, 0.5) is 0 Å². The second kappa shape index (κ2) is 9.01. The van der Waals surface area contributed by atoms with Crippen molar-refractivity contribution in [2.45, 2.75) is 20.1 Å². The molecule has 0 radical (unpaired) electrons. The van der Waals surface area contributed by atoms with Crippen molar-refractivity contribution >= 4 is 5.91 Å². The fourth-order valence-corrected chi connectivity index (χ4v) is 3.20. The highest BCUT2D eigenvalue weighted by Crippen LogP contribution is 2.25. The molecule has 0 unspecified atom stereocenters. The number of benzene rings is 1. The Morgan fingerprint density at radius 3 is 2.68 bits per heavy atom. The number of carbonyl (C=O) groups is 1. The zero-order valence-corrected chi connectivity index (χ0v) is 16.9. The van der Waals surface area contributed by atoms with Crippen molar-refractivity contribution in [3.05, 3.63) is 101 Å². The van der Waals surface area contributed by atoms with Gasteiger partial charge in [-0.15, -0.1) is 0 Å². The largest absolute Gasteiger partial charge is 0.473 e. The number of nitrogens with one attached hydrogen (secondary N) is 1. The predicted octanol–water partition coefficient (Wildman–Crippen LogP) is 4.15. The van der Waals surface area contributed by atoms with Gasteiger partial charge >= 0.3 is 0 Å². The van der Waals surface area contributed by atoms with E-state index in [1.165, 1.54) is 0 Å². The Morgan fingerprint density at radius 1 is 1.16 bits per heavy atom. The third-order valence-electron chi connectivity index (χ3n) is 4.73. The van der Waals surface area contributed by atoms with Gasteiger partial charge in [-0.2, -0.15) is 5.26 Å². The second-order valence-electron chi connectivity index (χ2n) is 6.87. The first-order valence-electron chi connectivity index (χ1n) is 9.72. The summed E-state index contributed by atoms with van der Waals surface area (Å²) >= 11 is 0. The smallest absolute Gasteiger partial charge is 0.256 e. The molecule has 0 saturated carbocycles. The summed E-state index contributed by atoms with van der Waals surface area (Å²) in [5.74, 6) is 0.817. The summed E-state index contributed by atoms with van der Waals surface area (Å²) in [6.45, 7) is 2.34. The van der Waals surface area contributed by atoms with Gasteiger partial charge < -0.3 is 14.5 Å². The Hall–Kier alpha value is -4.31. The van der Waals surface area contributed by atoms with Crippen molar-refractivity contribution in [2.75, 3.05) is 0 Å². The minimum absolute atomic E-state index is 0.202. The first kappa shape index (κ1) is 20.0. The maximum Gasteiger partial charge on any atom is 0.256 e. The van der Waals surface area contributed by atoms with Crippen molar-refractivity contribution in [1.82, 2.24) is 14.9 Å². The summed E-state index contributed by atoms with van der Waals surface area (Å²) in [6, 6.07) is 19.1. The highest BCUT2D eigenvalue weighted by Gasteiger charge is 2.24. The molecule has 0 fully saturated rings. The third-order valence-corrected chi connectivity index (χ3v) is 4.73. The highest BCUT2D eigenvalue weighted by atomic mass is 16.5. The third kappa shape index (κ3) is 4.49. The number of rotatable bonds is 7. The van der Waals surface area contributed by atoms with Crippen molar-refractivity contribution in [3.63, 3.8) is 0 Å². The van der Waals surface area contributed by atoms with Crippen LogP contribution in [0.1, 0.15) is 32.8 Å². The summed E-state index contributed by atoms with van der Waals surface area (Å²) in [6.07, 6.45) is 5.15. The molecule has 1 aromatic carbocycles. The average Bonchev–Trinajstić information content (AvgIpc) is 3.44. The molecule has 3 heterocycles. The lowest BCUT2D eigenvalue weighted by atomic mass is 10.1. The standard InChI is InChI=1S/C24H20N4O3/c1-17-22(20(14-25)24(31-17)28-11-5-6-12-28)23(29)27-15-19-9-10-26-21(13-19)30-16-18-7-3-2-4-8-18/h2-13H,15-16H2,1H3,(H,27,29). The van der Waals surface area contributed by atoms with Crippen LogP contribution in [0.2, 0.25) is 0 Å². The number of ether oxygens (including phenoxy) is 1. The minimum Gasteiger partial charge on any atom is -0.473 e. The fourth-order valence-electron chi connectivity index (χ4n) is 3.20. The van der Waals surface area contributed by atoms with Crippen LogP contribution >= 0.6 is 0 Å². The molecule has 0 spiro atoms. The molecule has 0 aliphatic rings. The Morgan fingerprint density at radius 2 is 1.94 bits per heavy atom. The molecule has 3 aromatic heterocycles. The van der Waals surface area contributed by atoms with Gasteiger partial charge in [-0.3, -0.25) is 9.36 Å². The number of carbonyl (C=O) groups excluding carboxylic acids is 1. The Labute approximate surface area is 179 Å². The normalized spacial score (nSPS) is 10.5. The maximum absolute atomic E-state index is 12.8. The minimum atomic E-state index is -0.375. The lowest BCUT2D eigenvalue weighted by Gasteiger charge is -2.08. The Kier molecular flexibility index (Phi) is 5.81. The molecule has 0 aliphatic carbocycles. The van der Waals surface area contributed by atoms with Crippen molar-refractivity contribution < 1.29 is 13.9 Å². The summed E-state index contributed by atoms with van der Waals surface area (Å²) < 4.78 is 13.1. The monoisotopic (exact) mass is 412 g/mol. The van der Waals surface area contributed by atoms with Crippen LogP contribution in [0, 0.1) is 18.3 Å². The summed E-state index contributed by atoms with van der Waals surface area (Å²) in [7, 11) is 0. The molecular formula is C24H20N4O3. The first-order valence-corrected chi connectivity index (χ1v) is 9.72. The van der Waals surface area contributed by atoms with Gasteiger partial charge in [0, 0.05) is 31.2 Å². The van der Waals surface area contributed by atoms with E-state index in [1.807, 2.05) is 42.5 Å². The van der Waals surface area contributed by atoms with Crippen LogP contribution in [-0.4, -0.2) is 15.5 Å². The summed E-state index contributed by atoms with van der Waals surface area (Å²) in [5, 5.41) is 12.5. The average molecular weight is 412 g/mol. The first-order chi connectivity index (χ1) is 15.2. The van der Waals surface area contributed by atoms with Gasteiger partial charge in [0.15, 0.2) is 0 Å². The van der Waals surface area contributed by atoms with E-state index in [0.29, 0.717) is 24.1 Å². The van der Waals surface area contributed by atoms with Crippen LogP contribution in [-0.2, 0) is 13.2 Å². The van der Waals surface area contributed by atoms with Crippen LogP contribution in [0.3, 0.4) is 0 Å². The number of nitrogens with zero attached hydrogens (tertiary/aromatic N) is 3. The van der Waals surface area contributed by atoms with E-state index in [0.717, 1.165) is 11.1 Å². The number of nitriles is 1. The van der Waals surface area contributed by atoms with Crippen LogP contribution < -0.4 is 10.1 Å². The summed E-state index contributed by atoms with van der Waals surface area (Å²) in [4.78, 5) is 17.0. The molecule has 0 bridgehead atoms. The van der Waals surface area contributed by atoms with E-state index >= 15 is 0 Å². The molecule has 1 N–H and O–H groups in total. The van der Waals surface area contributed by atoms with Crippen LogP contribution in [0.15, 0.2) is 77.6 Å². The zero-order valence-electron chi connectivity index (χ0n) is 16.9. The van der Waals surface area contributed by atoms with E-state index in [2.05, 4.69) is 16.4 Å². The van der Waals surface area contributed by atoms with Crippen molar-refractivity contribution in [3.8, 4) is 17.8 Å². The van der Waals surface area contributed by atoms with E-state index in [4.69, 9.17) is 9.15 Å². The van der Waals surface area contributed by atoms with Crippen LogP contribution in [0.25, 0.3) is 5.88 Å². The molecule has 154 valence electrons. The molecular weight excluding hydrogens is 392 g/mol. The van der Waals surface area contributed by atoms with Crippen molar-refractivity contribution in [2.24, 2.45) is 0 Å². The van der Waals surface area contributed by atoms with Gasteiger partial charge in [0.05, 0.1) is 0 Å². The number of amides is 1. The number of hydrogen-bond acceptors (Lipinski definition) is 5. The number of aromatic nitrogens is 2. The quantitative estimate of drug-likeness (QED) is 0.492. The van der Waals surface area contributed by atoms with E-state index in [-0.39, 0.29) is 23.6 Å². The Balaban J connectivity index is 1.44. The molecule has 7 nitrogen and oxygen atoms in total. The van der Waals surface area contributed by atoms with E-state index in [1.54, 1.807) is 42.2 Å². The number of hydrogen-bond donors (Lipinski definition) is 1. The number of pyridine rings is 1. The molecule has 7 heteroatoms. The topological polar surface area (TPSA) is 93.1 Å². The molecule has 1 amide bonds. The molecule has 0 atom stereocenters. The lowest BCUT2D eigenvalue weighted by Crippen LogP contribution is -2.24. The zero-order chi connectivity index (χ0) is 21.6. The van der Waals surface area contributed by atoms with Gasteiger partial charge in [0.25, 0.3) is 5.91 Å². The lowest BCUT2D eigenvalue weighted by molar-refractivity contribution is 0.0949. The molecule has 0 saturated heterocycles. The Bertz CT molecular complexity index is 1220. The van der Waals surface area contributed by atoms with Crippen molar-refractivity contribution in [1.29, 1.82) is 5.26 Å². The fraction of sp³-hybridized carbons (Fsp3) is 0.125. The highest BCUT2D eigenvalue weighted by molar-refractivity contribution is 5.98. The van der Waals surface area contributed by atoms with Gasteiger partial charge in [0.1, 0.15) is 29.6 Å². The van der Waals surface area contributed by atoms with Crippen LogP contribution in [0.5, 0.6) is 5.88 Å². The molecule has 31 heavy (non-hydrogen) atoms. The van der Waals surface area contributed by atoms with Gasteiger partial charge in [-0.1, -0.05) is 30.3 Å². The predicted molar refractivity (Wildman–Crippen MR) is 114 cm³/mol. The number of furan rings is 1. The SMILES string of the molecule is Cc1oc(-n2cccc2)c(C#N)c1C(=O)NCc1ccnc(OCc2ccccc2)c1. The number of aryl methyl sites for hydroxylation is 1. The van der Waals surface area contributed by atoms with Gasteiger partial charge in [-0.05, 0) is 36.2 Å². The second-order valence-corrected chi connectivity index (χ2v) is 6.87. The molecule has 4 aromatic rings. The summed E-state index contributed by atoms with van der Waals surface area (Å²) in [5.41, 5.74) is 2.31. The maximum atomic E-state index is 12.8. The molecule has 0 aliphatic heterocycles. The molecule has 4 rings (SSSR count).